The van der Waals surface area contributed by atoms with Crippen molar-refractivity contribution in [3.8, 4) is 0 Å². The Morgan fingerprint density at radius 1 is 0.962 bits per heavy atom. The van der Waals surface area contributed by atoms with E-state index in [2.05, 4.69) is 9.80 Å². The zero-order valence-electron chi connectivity index (χ0n) is 15.0. The number of nitrogens with zero attached hydrogens (tertiary/aromatic N) is 5. The van der Waals surface area contributed by atoms with Crippen molar-refractivity contribution in [1.29, 1.82) is 0 Å². The number of nitro benzene ring substituents is 1. The van der Waals surface area contributed by atoms with Crippen LogP contribution in [0.2, 0.25) is 0 Å². The van der Waals surface area contributed by atoms with Gasteiger partial charge in [-0.2, -0.15) is 17.0 Å². The second-order valence-electron chi connectivity index (χ2n) is 6.77. The van der Waals surface area contributed by atoms with Crippen LogP contribution in [0.25, 0.3) is 0 Å². The number of para-hydroxylation sites is 1. The fourth-order valence-electron chi connectivity index (χ4n) is 3.36. The van der Waals surface area contributed by atoms with Crippen molar-refractivity contribution in [3.05, 3.63) is 39.9 Å². The number of benzene rings is 1. The lowest BCUT2D eigenvalue weighted by molar-refractivity contribution is -0.385. The second kappa shape index (κ2) is 7.97. The van der Waals surface area contributed by atoms with Gasteiger partial charge in [0.05, 0.1) is 4.92 Å². The Kier molecular flexibility index (Phi) is 5.88. The van der Waals surface area contributed by atoms with Crippen LogP contribution in [0.15, 0.2) is 24.3 Å². The minimum atomic E-state index is -3.42. The molecule has 0 aromatic heterocycles. The number of rotatable bonds is 5. The van der Waals surface area contributed by atoms with Gasteiger partial charge in [0.15, 0.2) is 0 Å². The Balaban J connectivity index is 1.58. The lowest BCUT2D eigenvalue weighted by Gasteiger charge is -2.39. The highest BCUT2D eigenvalue weighted by molar-refractivity contribution is 7.86. The van der Waals surface area contributed by atoms with Crippen molar-refractivity contribution in [2.75, 3.05) is 59.4 Å². The molecule has 0 spiro atoms. The van der Waals surface area contributed by atoms with Crippen LogP contribution >= 0.6 is 0 Å². The van der Waals surface area contributed by atoms with E-state index in [9.17, 15) is 18.5 Å². The zero-order valence-corrected chi connectivity index (χ0v) is 15.8. The van der Waals surface area contributed by atoms with Crippen LogP contribution in [0.4, 0.5) is 5.69 Å². The maximum atomic E-state index is 12.8. The van der Waals surface area contributed by atoms with Crippen LogP contribution in [0.5, 0.6) is 0 Å². The van der Waals surface area contributed by atoms with Gasteiger partial charge in [-0.1, -0.05) is 18.2 Å². The fourth-order valence-corrected chi connectivity index (χ4v) is 4.94. The Bertz CT molecular complexity index is 741. The van der Waals surface area contributed by atoms with Crippen molar-refractivity contribution in [1.82, 2.24) is 18.4 Å². The Labute approximate surface area is 154 Å². The van der Waals surface area contributed by atoms with Crippen molar-refractivity contribution in [2.24, 2.45) is 0 Å². The maximum absolute atomic E-state index is 12.8. The predicted octanol–water partition coefficient (Wildman–Crippen LogP) is 0.205. The first-order valence-electron chi connectivity index (χ1n) is 8.76. The third kappa shape index (κ3) is 4.21. The van der Waals surface area contributed by atoms with Gasteiger partial charge in [-0.3, -0.25) is 15.0 Å². The van der Waals surface area contributed by atoms with E-state index in [1.54, 1.807) is 22.5 Å². The molecule has 2 heterocycles. The molecule has 2 aliphatic heterocycles. The van der Waals surface area contributed by atoms with Gasteiger partial charge in [0, 0.05) is 70.5 Å². The molecule has 2 fully saturated rings. The van der Waals surface area contributed by atoms with Gasteiger partial charge < -0.3 is 4.90 Å². The van der Waals surface area contributed by atoms with E-state index in [-0.39, 0.29) is 10.6 Å². The maximum Gasteiger partial charge on any atom is 0.282 e. The number of hydrogen-bond donors (Lipinski definition) is 0. The summed E-state index contributed by atoms with van der Waals surface area (Å²) in [6.07, 6.45) is 0. The monoisotopic (exact) mass is 383 g/mol. The summed E-state index contributed by atoms with van der Waals surface area (Å²) in [5.41, 5.74) is 0.771. The van der Waals surface area contributed by atoms with E-state index in [4.69, 9.17) is 0 Å². The average molecular weight is 383 g/mol. The summed E-state index contributed by atoms with van der Waals surface area (Å²) in [4.78, 5) is 15.0. The highest BCUT2D eigenvalue weighted by Gasteiger charge is 2.34. The molecule has 10 heteroatoms. The number of nitro groups is 1. The highest BCUT2D eigenvalue weighted by Crippen LogP contribution is 2.21. The van der Waals surface area contributed by atoms with Crippen LogP contribution in [-0.4, -0.2) is 91.2 Å². The largest absolute Gasteiger partial charge is 0.304 e. The quantitative estimate of drug-likeness (QED) is 0.533. The van der Waals surface area contributed by atoms with Crippen LogP contribution in [-0.2, 0) is 16.8 Å². The van der Waals surface area contributed by atoms with E-state index in [1.807, 2.05) is 7.05 Å². The van der Waals surface area contributed by atoms with Gasteiger partial charge in [0.1, 0.15) is 0 Å². The molecule has 2 saturated heterocycles. The first kappa shape index (κ1) is 19.2. The number of likely N-dealkylation sites (N-methyl/N-ethyl adjacent to an activating group) is 1. The Morgan fingerprint density at radius 2 is 1.50 bits per heavy atom. The summed E-state index contributed by atoms with van der Waals surface area (Å²) in [6, 6.07) is 6.70. The molecule has 0 unspecified atom stereocenters. The predicted molar refractivity (Wildman–Crippen MR) is 97.9 cm³/mol. The van der Waals surface area contributed by atoms with Gasteiger partial charge in [0.25, 0.3) is 15.9 Å². The molecule has 0 bridgehead atoms. The Morgan fingerprint density at radius 3 is 2.08 bits per heavy atom. The van der Waals surface area contributed by atoms with Gasteiger partial charge >= 0.3 is 0 Å². The molecule has 1 aromatic carbocycles. The fraction of sp³-hybridized carbons (Fsp3) is 0.625. The van der Waals surface area contributed by atoms with Gasteiger partial charge in [-0.15, -0.1) is 0 Å². The minimum Gasteiger partial charge on any atom is -0.304 e. The van der Waals surface area contributed by atoms with Gasteiger partial charge in [-0.05, 0) is 7.05 Å². The summed E-state index contributed by atoms with van der Waals surface area (Å²) in [7, 11) is -1.43. The van der Waals surface area contributed by atoms with Crippen LogP contribution in [0, 0.1) is 10.1 Å². The number of piperazine rings is 2. The normalized spacial score (nSPS) is 21.7. The van der Waals surface area contributed by atoms with Crippen molar-refractivity contribution in [3.63, 3.8) is 0 Å². The Hall–Kier alpha value is -1.59. The summed E-state index contributed by atoms with van der Waals surface area (Å²) < 4.78 is 28.7. The zero-order chi connectivity index (χ0) is 18.7. The minimum absolute atomic E-state index is 0.111. The molecule has 26 heavy (non-hydrogen) atoms. The summed E-state index contributed by atoms with van der Waals surface area (Å²) in [6.45, 7) is 4.96. The molecule has 0 N–H and O–H groups in total. The third-order valence-corrected chi connectivity index (χ3v) is 7.06. The molecular formula is C16H25N5O4S. The number of hydrogen-bond acceptors (Lipinski definition) is 6. The first-order chi connectivity index (χ1) is 12.4. The molecule has 144 valence electrons. The summed E-state index contributed by atoms with van der Waals surface area (Å²) >= 11 is 0. The molecule has 0 amide bonds. The molecule has 9 nitrogen and oxygen atoms in total. The van der Waals surface area contributed by atoms with Gasteiger partial charge in [-0.25, -0.2) is 0 Å². The second-order valence-corrected chi connectivity index (χ2v) is 8.70. The first-order valence-corrected chi connectivity index (χ1v) is 10.2. The lowest BCUT2D eigenvalue weighted by Crippen LogP contribution is -2.56. The van der Waals surface area contributed by atoms with E-state index in [0.717, 1.165) is 13.1 Å². The van der Waals surface area contributed by atoms with Crippen molar-refractivity contribution < 1.29 is 13.3 Å². The molecule has 1 aromatic rings. The van der Waals surface area contributed by atoms with Crippen LogP contribution in [0.1, 0.15) is 5.56 Å². The lowest BCUT2D eigenvalue weighted by atomic mass is 10.1. The van der Waals surface area contributed by atoms with Crippen LogP contribution < -0.4 is 0 Å². The topological polar surface area (TPSA) is 90.2 Å². The molecule has 0 aliphatic carbocycles. The molecule has 3 rings (SSSR count). The molecular weight excluding hydrogens is 358 g/mol. The molecule has 2 aliphatic rings. The van der Waals surface area contributed by atoms with Crippen molar-refractivity contribution in [2.45, 2.75) is 6.54 Å². The molecule has 0 saturated carbocycles. The van der Waals surface area contributed by atoms with E-state index < -0.39 is 10.2 Å². The van der Waals surface area contributed by atoms with Crippen LogP contribution in [0.3, 0.4) is 0 Å². The van der Waals surface area contributed by atoms with E-state index in [1.165, 1.54) is 10.4 Å². The highest BCUT2D eigenvalue weighted by atomic mass is 32.2. The standard InChI is InChI=1S/C16H25N5O4S/c1-17-6-10-19(11-7-17)26(24,25)20-12-8-18(9-13-20)14-15-4-2-3-5-16(15)21(22)23/h2-5H,6-14H2,1H3. The van der Waals surface area contributed by atoms with E-state index in [0.29, 0.717) is 51.4 Å². The summed E-state index contributed by atoms with van der Waals surface area (Å²) in [5, 5.41) is 11.1. The smallest absolute Gasteiger partial charge is 0.282 e. The van der Waals surface area contributed by atoms with E-state index >= 15 is 0 Å². The van der Waals surface area contributed by atoms with Gasteiger partial charge in [0.2, 0.25) is 0 Å². The average Bonchev–Trinajstić information content (AvgIpc) is 2.63. The van der Waals surface area contributed by atoms with Crippen molar-refractivity contribution >= 4 is 15.9 Å². The molecule has 0 atom stereocenters. The third-order valence-electron chi connectivity index (χ3n) is 5.03. The SMILES string of the molecule is CN1CCN(S(=O)(=O)N2CCN(Cc3ccccc3[N+](=O)[O-])CC2)CC1. The summed E-state index contributed by atoms with van der Waals surface area (Å²) in [5.74, 6) is 0. The molecule has 0 radical (unpaired) electrons.